The van der Waals surface area contributed by atoms with E-state index < -0.39 is 5.54 Å². The van der Waals surface area contributed by atoms with Crippen LogP contribution < -0.4 is 5.32 Å². The molecule has 4 rings (SSSR count). The molecule has 1 atom stereocenters. The lowest BCUT2D eigenvalue weighted by atomic mass is 9.86. The molecule has 0 spiro atoms. The number of carbonyl (C=O) groups excluding carboxylic acids is 1. The molecule has 0 unspecified atom stereocenters. The van der Waals surface area contributed by atoms with Crippen molar-refractivity contribution in [3.63, 3.8) is 0 Å². The van der Waals surface area contributed by atoms with Crippen LogP contribution in [0.5, 0.6) is 0 Å². The predicted octanol–water partition coefficient (Wildman–Crippen LogP) is 3.42. The lowest BCUT2D eigenvalue weighted by Gasteiger charge is -2.39. The molecule has 0 radical (unpaired) electrons. The van der Waals surface area contributed by atoms with Crippen LogP contribution in [-0.2, 0) is 10.3 Å². The van der Waals surface area contributed by atoms with Gasteiger partial charge in [-0.3, -0.25) is 15.1 Å². The van der Waals surface area contributed by atoms with E-state index >= 15 is 0 Å². The van der Waals surface area contributed by atoms with Gasteiger partial charge in [0.25, 0.3) is 0 Å². The van der Waals surface area contributed by atoms with Crippen LogP contribution >= 0.6 is 11.3 Å². The fraction of sp³-hybridized carbons (Fsp3) is 0.250. The van der Waals surface area contributed by atoms with Gasteiger partial charge in [-0.05, 0) is 37.6 Å². The first-order valence-electron chi connectivity index (χ1n) is 8.30. The van der Waals surface area contributed by atoms with Gasteiger partial charge >= 0.3 is 0 Å². The van der Waals surface area contributed by atoms with Crippen LogP contribution in [0, 0.1) is 17.3 Å². The molecule has 1 aromatic carbocycles. The number of guanidine groups is 1. The van der Waals surface area contributed by atoms with Crippen molar-refractivity contribution < 1.29 is 4.79 Å². The van der Waals surface area contributed by atoms with Crippen molar-refractivity contribution in [3.8, 4) is 11.8 Å². The maximum Gasteiger partial charge on any atom is 0.231 e. The number of nitrogens with zero attached hydrogens (tertiary/aromatic N) is 2. The van der Waals surface area contributed by atoms with Gasteiger partial charge in [0.15, 0.2) is 5.96 Å². The third-order valence-corrected chi connectivity index (χ3v) is 5.94. The Morgan fingerprint density at radius 2 is 2.15 bits per heavy atom. The zero-order chi connectivity index (χ0) is 18.5. The first-order chi connectivity index (χ1) is 12.4. The Bertz CT molecular complexity index is 1120. The highest BCUT2D eigenvalue weighted by molar-refractivity contribution is 7.25. The minimum absolute atomic E-state index is 0.0614. The summed E-state index contributed by atoms with van der Waals surface area (Å²) in [7, 11) is 1.62. The van der Waals surface area contributed by atoms with Gasteiger partial charge < -0.3 is 5.32 Å². The number of thiophene rings is 1. The maximum atomic E-state index is 12.3. The minimum atomic E-state index is -0.600. The summed E-state index contributed by atoms with van der Waals surface area (Å²) in [5, 5.41) is 13.4. The molecule has 26 heavy (non-hydrogen) atoms. The van der Waals surface area contributed by atoms with Crippen molar-refractivity contribution in [2.45, 2.75) is 25.8 Å². The number of fused-ring (bicyclic) bond motifs is 3. The van der Waals surface area contributed by atoms with Crippen molar-refractivity contribution in [2.24, 2.45) is 0 Å². The van der Waals surface area contributed by atoms with Gasteiger partial charge in [-0.2, -0.15) is 0 Å². The van der Waals surface area contributed by atoms with E-state index in [1.54, 1.807) is 24.6 Å². The van der Waals surface area contributed by atoms with Crippen LogP contribution in [-0.4, -0.2) is 28.8 Å². The number of pyridine rings is 1. The summed E-state index contributed by atoms with van der Waals surface area (Å²) in [6, 6.07) is 8.28. The van der Waals surface area contributed by atoms with E-state index in [-0.39, 0.29) is 11.9 Å². The van der Waals surface area contributed by atoms with Crippen molar-refractivity contribution in [1.29, 1.82) is 5.41 Å². The average molecular weight is 362 g/mol. The van der Waals surface area contributed by atoms with Gasteiger partial charge in [0, 0.05) is 34.3 Å². The molecule has 3 heterocycles. The average Bonchev–Trinajstić information content (AvgIpc) is 2.97. The molecule has 1 saturated heterocycles. The number of carbonyl (C=O) groups is 1. The number of nitrogens with one attached hydrogen (secondary N) is 2. The Morgan fingerprint density at radius 3 is 2.88 bits per heavy atom. The number of rotatable bonds is 1. The molecule has 3 aromatic rings. The number of aromatic nitrogens is 1. The highest BCUT2D eigenvalue weighted by Gasteiger charge is 2.38. The van der Waals surface area contributed by atoms with Crippen molar-refractivity contribution >= 4 is 43.5 Å². The van der Waals surface area contributed by atoms with Crippen LogP contribution in [0.15, 0.2) is 30.5 Å². The van der Waals surface area contributed by atoms with Crippen LogP contribution in [0.1, 0.15) is 31.4 Å². The van der Waals surface area contributed by atoms with E-state index in [1.165, 1.54) is 4.90 Å². The summed E-state index contributed by atoms with van der Waals surface area (Å²) < 4.78 is 1.15. The minimum Gasteiger partial charge on any atom is -0.346 e. The van der Waals surface area contributed by atoms with E-state index in [2.05, 4.69) is 40.3 Å². The van der Waals surface area contributed by atoms with Gasteiger partial charge in [-0.15, -0.1) is 17.3 Å². The van der Waals surface area contributed by atoms with Crippen LogP contribution in [0.25, 0.3) is 20.3 Å². The van der Waals surface area contributed by atoms with Gasteiger partial charge in [0.1, 0.15) is 4.83 Å². The second-order valence-electron chi connectivity index (χ2n) is 6.70. The van der Waals surface area contributed by atoms with Gasteiger partial charge in [-0.25, -0.2) is 4.98 Å². The fourth-order valence-corrected chi connectivity index (χ4v) is 4.33. The normalized spacial score (nSPS) is 20.2. The first kappa shape index (κ1) is 16.6. The third kappa shape index (κ3) is 2.52. The Balaban J connectivity index is 1.87. The molecule has 130 valence electrons. The molecule has 0 bridgehead atoms. The topological polar surface area (TPSA) is 69.1 Å². The van der Waals surface area contributed by atoms with Gasteiger partial charge in [0.2, 0.25) is 5.91 Å². The molecule has 6 heteroatoms. The summed E-state index contributed by atoms with van der Waals surface area (Å²) in [5.74, 6) is 6.03. The standard InChI is InChI=1S/C20H18N4OS/c1-4-5-12-8-15-14-9-13(6-7-16(14)26-18(15)22-11-12)20(2)10-17(25)24(3)19(21)23-20/h6-9,11H,10H2,1-3H3,(H2,21,23)/t20-/m0/s1. The first-order valence-corrected chi connectivity index (χ1v) is 9.12. The monoisotopic (exact) mass is 362 g/mol. The summed E-state index contributed by atoms with van der Waals surface area (Å²) in [6.45, 7) is 3.78. The SMILES string of the molecule is CC#Cc1cnc2sc3ccc([C@]4(C)CC(=O)N(C)C(=N)N4)cc3c2c1. The fourth-order valence-electron chi connectivity index (χ4n) is 3.33. The van der Waals surface area contributed by atoms with Crippen LogP contribution in [0.3, 0.4) is 0 Å². The van der Waals surface area contributed by atoms with Crippen molar-refractivity contribution in [1.82, 2.24) is 15.2 Å². The summed E-state index contributed by atoms with van der Waals surface area (Å²) >= 11 is 1.65. The lowest BCUT2D eigenvalue weighted by Crippen LogP contribution is -2.58. The molecule has 1 aliphatic heterocycles. The van der Waals surface area contributed by atoms with E-state index in [0.717, 1.165) is 31.4 Å². The summed E-state index contributed by atoms with van der Waals surface area (Å²) in [4.78, 5) is 19.1. The van der Waals surface area contributed by atoms with Crippen molar-refractivity contribution in [3.05, 3.63) is 41.6 Å². The predicted molar refractivity (Wildman–Crippen MR) is 105 cm³/mol. The number of amides is 1. The third-order valence-electron chi connectivity index (χ3n) is 4.84. The van der Waals surface area contributed by atoms with Crippen LogP contribution in [0.4, 0.5) is 0 Å². The summed E-state index contributed by atoms with van der Waals surface area (Å²) in [5.41, 5.74) is 1.28. The number of hydrogen-bond donors (Lipinski definition) is 2. The van der Waals surface area contributed by atoms with Gasteiger partial charge in [-0.1, -0.05) is 12.0 Å². The maximum absolute atomic E-state index is 12.3. The zero-order valence-corrected chi connectivity index (χ0v) is 15.6. The molecule has 1 aliphatic rings. The molecule has 1 amide bonds. The molecule has 5 nitrogen and oxygen atoms in total. The molecule has 2 aromatic heterocycles. The molecular weight excluding hydrogens is 344 g/mol. The second-order valence-corrected chi connectivity index (χ2v) is 7.73. The Hall–Kier alpha value is -2.91. The van der Waals surface area contributed by atoms with E-state index in [0.29, 0.717) is 6.42 Å². The van der Waals surface area contributed by atoms with E-state index in [4.69, 9.17) is 5.41 Å². The van der Waals surface area contributed by atoms with Crippen LogP contribution in [0.2, 0.25) is 0 Å². The molecule has 0 aliphatic carbocycles. The smallest absolute Gasteiger partial charge is 0.231 e. The Kier molecular flexibility index (Phi) is 3.70. The second kappa shape index (κ2) is 5.82. The molecule has 2 N–H and O–H groups in total. The van der Waals surface area contributed by atoms with Crippen molar-refractivity contribution in [2.75, 3.05) is 7.05 Å². The van der Waals surface area contributed by atoms with E-state index in [9.17, 15) is 4.79 Å². The highest BCUT2D eigenvalue weighted by atomic mass is 32.1. The highest BCUT2D eigenvalue weighted by Crippen LogP contribution is 2.37. The van der Waals surface area contributed by atoms with E-state index in [1.807, 2.05) is 19.9 Å². The number of hydrogen-bond acceptors (Lipinski definition) is 4. The quantitative estimate of drug-likeness (QED) is 0.652. The Labute approximate surface area is 155 Å². The largest absolute Gasteiger partial charge is 0.346 e. The molecule has 0 saturated carbocycles. The lowest BCUT2D eigenvalue weighted by molar-refractivity contribution is -0.129. The Morgan fingerprint density at radius 1 is 1.35 bits per heavy atom. The summed E-state index contributed by atoms with van der Waals surface area (Å²) in [6.07, 6.45) is 2.11. The zero-order valence-electron chi connectivity index (χ0n) is 14.8. The molecule has 1 fully saturated rings. The molecular formula is C20H18N4OS. The number of benzene rings is 1. The van der Waals surface area contributed by atoms with Gasteiger partial charge in [0.05, 0.1) is 12.0 Å².